The molecule has 6 aromatic carbocycles. The summed E-state index contributed by atoms with van der Waals surface area (Å²) in [6.45, 7) is 0. The van der Waals surface area contributed by atoms with Crippen LogP contribution in [-0.4, -0.2) is 23.5 Å². The van der Waals surface area contributed by atoms with Crippen LogP contribution in [0.2, 0.25) is 0 Å². The van der Waals surface area contributed by atoms with E-state index in [9.17, 15) is 0 Å². The topological polar surface area (TPSA) is 40.0 Å². The maximum absolute atomic E-state index is 5.20. The Labute approximate surface area is 268 Å². The standard InChI is InChI=1S/C42H25N5/c1-3-12-26(13-4-1)45-35-18-9-7-16-28(35)29-22-30-31-23-32-33(24-38(31)46(40(30)25-39(29)45)27-14-5-2-6-15-27)42-44-34-17-8-10-19-36(34)47(42)37-20-11-21-43-41(32)37/h1-25H. The first-order chi connectivity index (χ1) is 23.3. The van der Waals surface area contributed by atoms with E-state index in [0.29, 0.717) is 0 Å². The molecule has 0 spiro atoms. The van der Waals surface area contributed by atoms with E-state index in [-0.39, 0.29) is 0 Å². The number of hydrogen-bond donors (Lipinski definition) is 0. The lowest BCUT2D eigenvalue weighted by Crippen LogP contribution is -1.96. The fourth-order valence-electron chi connectivity index (χ4n) is 7.85. The van der Waals surface area contributed by atoms with E-state index < -0.39 is 0 Å². The summed E-state index contributed by atoms with van der Waals surface area (Å²) in [6.07, 6.45) is 1.89. The molecule has 0 atom stereocenters. The van der Waals surface area contributed by atoms with Crippen LogP contribution in [0.4, 0.5) is 0 Å². The highest BCUT2D eigenvalue weighted by Crippen LogP contribution is 2.42. The van der Waals surface area contributed by atoms with Crippen LogP contribution in [0, 0.1) is 0 Å². The molecule has 218 valence electrons. The van der Waals surface area contributed by atoms with Crippen molar-refractivity contribution in [2.75, 3.05) is 0 Å². The highest BCUT2D eigenvalue weighted by atomic mass is 15.0. The molecule has 0 saturated carbocycles. The number of rotatable bonds is 2. The fourth-order valence-corrected chi connectivity index (χ4v) is 7.85. The van der Waals surface area contributed by atoms with Gasteiger partial charge in [0.15, 0.2) is 0 Å². The molecule has 0 unspecified atom stereocenters. The summed E-state index contributed by atoms with van der Waals surface area (Å²) < 4.78 is 7.08. The van der Waals surface area contributed by atoms with Crippen LogP contribution in [0.5, 0.6) is 0 Å². The normalized spacial score (nSPS) is 12.3. The zero-order valence-corrected chi connectivity index (χ0v) is 25.2. The van der Waals surface area contributed by atoms with Gasteiger partial charge < -0.3 is 9.13 Å². The maximum atomic E-state index is 5.20. The van der Waals surface area contributed by atoms with Crippen molar-refractivity contribution in [3.05, 3.63) is 152 Å². The minimum atomic E-state index is 0.945. The lowest BCUT2D eigenvalue weighted by molar-refractivity contribution is 1.16. The molecule has 0 bridgehead atoms. The first-order valence-electron chi connectivity index (χ1n) is 15.9. The lowest BCUT2D eigenvalue weighted by Gasteiger charge is -2.11. The first-order valence-corrected chi connectivity index (χ1v) is 15.9. The Balaban J connectivity index is 1.38. The molecular weight excluding hydrogens is 574 g/mol. The quantitative estimate of drug-likeness (QED) is 0.186. The predicted octanol–water partition coefficient (Wildman–Crippen LogP) is 10.4. The van der Waals surface area contributed by atoms with Gasteiger partial charge in [-0.15, -0.1) is 0 Å². The van der Waals surface area contributed by atoms with Gasteiger partial charge in [-0.3, -0.25) is 9.38 Å². The third kappa shape index (κ3) is 3.27. The third-order valence-electron chi connectivity index (χ3n) is 9.81. The van der Waals surface area contributed by atoms with Crippen molar-refractivity contribution in [3.8, 4) is 11.4 Å². The second kappa shape index (κ2) is 9.05. The third-order valence-corrected chi connectivity index (χ3v) is 9.81. The molecule has 0 aliphatic rings. The van der Waals surface area contributed by atoms with Crippen molar-refractivity contribution in [1.82, 2.24) is 23.5 Å². The van der Waals surface area contributed by atoms with Crippen LogP contribution in [-0.2, 0) is 0 Å². The van der Waals surface area contributed by atoms with Gasteiger partial charge in [0.2, 0.25) is 0 Å². The summed E-state index contributed by atoms with van der Waals surface area (Å²) in [5.74, 6) is 0. The largest absolute Gasteiger partial charge is 0.309 e. The average molecular weight is 600 g/mol. The number of hydrogen-bond acceptors (Lipinski definition) is 2. The van der Waals surface area contributed by atoms with Crippen LogP contribution in [0.25, 0.3) is 93.5 Å². The zero-order chi connectivity index (χ0) is 30.6. The summed E-state index contributed by atoms with van der Waals surface area (Å²) in [4.78, 5) is 10.2. The Kier molecular flexibility index (Phi) is 4.78. The van der Waals surface area contributed by atoms with Gasteiger partial charge in [0.25, 0.3) is 0 Å². The molecule has 47 heavy (non-hydrogen) atoms. The Morgan fingerprint density at radius 3 is 1.72 bits per heavy atom. The molecule has 5 aromatic heterocycles. The molecule has 0 radical (unpaired) electrons. The van der Waals surface area contributed by atoms with E-state index in [2.05, 4.69) is 153 Å². The van der Waals surface area contributed by atoms with Crippen LogP contribution in [0.1, 0.15) is 0 Å². The molecule has 5 heterocycles. The van der Waals surface area contributed by atoms with E-state index >= 15 is 0 Å². The van der Waals surface area contributed by atoms with Gasteiger partial charge in [0.1, 0.15) is 5.65 Å². The number of fused-ring (bicyclic) bond motifs is 14. The summed E-state index contributed by atoms with van der Waals surface area (Å²) in [6, 6.07) is 52.1. The van der Waals surface area contributed by atoms with Crippen molar-refractivity contribution < 1.29 is 0 Å². The molecule has 0 amide bonds. The van der Waals surface area contributed by atoms with Crippen molar-refractivity contribution in [2.24, 2.45) is 0 Å². The number of nitrogens with zero attached hydrogens (tertiary/aromatic N) is 5. The number of imidazole rings is 1. The smallest absolute Gasteiger partial charge is 0.146 e. The van der Waals surface area contributed by atoms with Gasteiger partial charge in [0.05, 0.1) is 44.1 Å². The second-order valence-electron chi connectivity index (χ2n) is 12.3. The van der Waals surface area contributed by atoms with Gasteiger partial charge in [-0.25, -0.2) is 4.98 Å². The van der Waals surface area contributed by atoms with Crippen molar-refractivity contribution >= 4 is 82.1 Å². The molecule has 11 rings (SSSR count). The van der Waals surface area contributed by atoms with Crippen LogP contribution >= 0.6 is 0 Å². The van der Waals surface area contributed by atoms with E-state index in [4.69, 9.17) is 9.97 Å². The summed E-state index contributed by atoms with van der Waals surface area (Å²) in [5, 5.41) is 7.09. The SMILES string of the molecule is c1ccc(-n2c3ccccc3c3cc4c5cc6c(cc5n(-c5ccccc5)c4cc32)c2nc3ccccc3n2c2cccnc62)cc1. The molecule has 0 fully saturated rings. The number of aromatic nitrogens is 5. The second-order valence-corrected chi connectivity index (χ2v) is 12.3. The van der Waals surface area contributed by atoms with Gasteiger partial charge in [-0.05, 0) is 78.9 Å². The molecule has 0 aliphatic carbocycles. The molecule has 5 heteroatoms. The minimum Gasteiger partial charge on any atom is -0.309 e. The van der Waals surface area contributed by atoms with Crippen molar-refractivity contribution in [1.29, 1.82) is 0 Å². The van der Waals surface area contributed by atoms with E-state index in [0.717, 1.165) is 60.9 Å². The summed E-state index contributed by atoms with van der Waals surface area (Å²) in [7, 11) is 0. The van der Waals surface area contributed by atoms with Crippen LogP contribution < -0.4 is 0 Å². The maximum Gasteiger partial charge on any atom is 0.146 e. The van der Waals surface area contributed by atoms with E-state index in [1.54, 1.807) is 0 Å². The molecule has 0 saturated heterocycles. The van der Waals surface area contributed by atoms with Crippen molar-refractivity contribution in [3.63, 3.8) is 0 Å². The van der Waals surface area contributed by atoms with Gasteiger partial charge in [-0.1, -0.05) is 66.7 Å². The zero-order valence-electron chi connectivity index (χ0n) is 25.2. The van der Waals surface area contributed by atoms with E-state index in [1.807, 2.05) is 12.3 Å². The molecular formula is C42H25N5. The minimum absolute atomic E-state index is 0.945. The van der Waals surface area contributed by atoms with Crippen LogP contribution in [0.15, 0.2) is 152 Å². The highest BCUT2D eigenvalue weighted by Gasteiger charge is 2.21. The molecule has 5 nitrogen and oxygen atoms in total. The lowest BCUT2D eigenvalue weighted by atomic mass is 10.0. The fraction of sp³-hybridized carbons (Fsp3) is 0. The van der Waals surface area contributed by atoms with E-state index in [1.165, 1.54) is 32.6 Å². The number of benzene rings is 6. The Hall–Kier alpha value is -6.46. The van der Waals surface area contributed by atoms with Crippen molar-refractivity contribution in [2.45, 2.75) is 0 Å². The molecule has 11 aromatic rings. The first kappa shape index (κ1) is 24.8. The monoisotopic (exact) mass is 599 g/mol. The Morgan fingerprint density at radius 2 is 0.957 bits per heavy atom. The molecule has 0 aliphatic heterocycles. The van der Waals surface area contributed by atoms with Crippen LogP contribution in [0.3, 0.4) is 0 Å². The highest BCUT2D eigenvalue weighted by molar-refractivity contribution is 6.24. The Morgan fingerprint density at radius 1 is 0.383 bits per heavy atom. The van der Waals surface area contributed by atoms with Gasteiger partial charge in [0, 0.05) is 49.9 Å². The van der Waals surface area contributed by atoms with Gasteiger partial charge >= 0.3 is 0 Å². The average Bonchev–Trinajstić information content (AvgIpc) is 3.78. The Bertz CT molecular complexity index is 3060. The predicted molar refractivity (Wildman–Crippen MR) is 194 cm³/mol. The number of para-hydroxylation sites is 5. The van der Waals surface area contributed by atoms with Gasteiger partial charge in [-0.2, -0.15) is 0 Å². The summed E-state index contributed by atoms with van der Waals surface area (Å²) in [5.41, 5.74) is 12.0. The molecule has 0 N–H and O–H groups in total. The summed E-state index contributed by atoms with van der Waals surface area (Å²) >= 11 is 0. The number of pyridine rings is 2.